The Morgan fingerprint density at radius 3 is 2.83 bits per heavy atom. The van der Waals surface area contributed by atoms with Crippen molar-refractivity contribution in [2.45, 2.75) is 0 Å². The maximum Gasteiger partial charge on any atom is 0.336 e. The molecule has 1 aromatic heterocycles. The third-order valence-corrected chi connectivity index (χ3v) is 2.61. The molecule has 4 nitrogen and oxygen atoms in total. The lowest BCUT2D eigenvalue weighted by Gasteiger charge is -2.06. The number of nitrogens with zero attached hydrogens (tertiary/aromatic N) is 2. The zero-order chi connectivity index (χ0) is 13.1. The molecule has 0 atom stereocenters. The molecule has 0 aliphatic carbocycles. The summed E-state index contributed by atoms with van der Waals surface area (Å²) in [4.78, 5) is 15.0. The van der Waals surface area contributed by atoms with Crippen LogP contribution in [-0.4, -0.2) is 16.1 Å². The number of benzene rings is 1. The minimum absolute atomic E-state index is 0.0603. The smallest absolute Gasteiger partial charge is 0.336 e. The van der Waals surface area contributed by atoms with Crippen LogP contribution in [0.25, 0.3) is 11.1 Å². The number of hydrogen-bond donors (Lipinski definition) is 1. The van der Waals surface area contributed by atoms with Crippen molar-refractivity contribution in [2.75, 3.05) is 0 Å². The minimum atomic E-state index is -1.09. The fraction of sp³-hybridized carbons (Fsp3) is 0. The summed E-state index contributed by atoms with van der Waals surface area (Å²) in [5.41, 5.74) is 1.57. The third kappa shape index (κ3) is 2.31. The van der Waals surface area contributed by atoms with E-state index in [1.54, 1.807) is 24.3 Å². The highest BCUT2D eigenvalue weighted by molar-refractivity contribution is 6.29. The molecule has 1 N–H and O–H groups in total. The molecule has 0 bridgehead atoms. The summed E-state index contributed by atoms with van der Waals surface area (Å²) in [5.74, 6) is -1.09. The highest BCUT2D eigenvalue weighted by Gasteiger charge is 2.13. The van der Waals surface area contributed by atoms with Crippen molar-refractivity contribution in [1.82, 2.24) is 4.98 Å². The van der Waals surface area contributed by atoms with Crippen molar-refractivity contribution in [3.63, 3.8) is 0 Å². The maximum atomic E-state index is 11.2. The molecule has 1 heterocycles. The largest absolute Gasteiger partial charge is 0.478 e. The summed E-state index contributed by atoms with van der Waals surface area (Å²) < 4.78 is 0. The van der Waals surface area contributed by atoms with Gasteiger partial charge in [0.2, 0.25) is 0 Å². The number of carboxylic acids is 1. The van der Waals surface area contributed by atoms with Crippen LogP contribution in [0.4, 0.5) is 0 Å². The quantitative estimate of drug-likeness (QED) is 0.841. The minimum Gasteiger partial charge on any atom is -0.478 e. The normalized spacial score (nSPS) is 9.78. The SMILES string of the molecule is N#Cc1cccc(-c2cnc(Cl)cc2C(=O)O)c1. The Hall–Kier alpha value is -2.38. The first-order chi connectivity index (χ1) is 8.61. The van der Waals surface area contributed by atoms with Gasteiger partial charge in [-0.05, 0) is 23.8 Å². The molecule has 0 saturated heterocycles. The van der Waals surface area contributed by atoms with Crippen molar-refractivity contribution in [3.05, 3.63) is 52.8 Å². The fourth-order valence-corrected chi connectivity index (χ4v) is 1.75. The van der Waals surface area contributed by atoms with Gasteiger partial charge in [0.1, 0.15) is 5.15 Å². The maximum absolute atomic E-state index is 11.2. The van der Waals surface area contributed by atoms with Gasteiger partial charge in [0.25, 0.3) is 0 Å². The third-order valence-electron chi connectivity index (χ3n) is 2.40. The van der Waals surface area contributed by atoms with E-state index >= 15 is 0 Å². The molecule has 0 unspecified atom stereocenters. The topological polar surface area (TPSA) is 74.0 Å². The molecule has 0 amide bonds. The van der Waals surface area contributed by atoms with Crippen molar-refractivity contribution in [1.29, 1.82) is 5.26 Å². The summed E-state index contributed by atoms with van der Waals surface area (Å²) in [5, 5.41) is 18.1. The number of hydrogen-bond acceptors (Lipinski definition) is 3. The predicted octanol–water partition coefficient (Wildman–Crippen LogP) is 2.97. The van der Waals surface area contributed by atoms with E-state index in [4.69, 9.17) is 22.0 Å². The Kier molecular flexibility index (Phi) is 3.26. The van der Waals surface area contributed by atoms with Gasteiger partial charge in [0.05, 0.1) is 17.2 Å². The van der Waals surface area contributed by atoms with Crippen molar-refractivity contribution < 1.29 is 9.90 Å². The number of pyridine rings is 1. The van der Waals surface area contributed by atoms with E-state index in [-0.39, 0.29) is 10.7 Å². The van der Waals surface area contributed by atoms with Gasteiger partial charge in [0, 0.05) is 11.8 Å². The lowest BCUT2D eigenvalue weighted by atomic mass is 10.0. The van der Waals surface area contributed by atoms with E-state index in [0.29, 0.717) is 16.7 Å². The van der Waals surface area contributed by atoms with Crippen LogP contribution in [0.1, 0.15) is 15.9 Å². The van der Waals surface area contributed by atoms with Crippen LogP contribution >= 0.6 is 11.6 Å². The average molecular weight is 259 g/mol. The number of aromatic carboxylic acids is 1. The summed E-state index contributed by atoms with van der Waals surface area (Å²) >= 11 is 5.68. The van der Waals surface area contributed by atoms with Crippen LogP contribution in [0, 0.1) is 11.3 Å². The highest BCUT2D eigenvalue weighted by Crippen LogP contribution is 2.25. The summed E-state index contributed by atoms with van der Waals surface area (Å²) in [6.45, 7) is 0. The second kappa shape index (κ2) is 4.86. The Labute approximate surface area is 108 Å². The number of halogens is 1. The molecule has 18 heavy (non-hydrogen) atoms. The summed E-state index contributed by atoms with van der Waals surface area (Å²) in [6, 6.07) is 9.96. The zero-order valence-electron chi connectivity index (χ0n) is 9.09. The summed E-state index contributed by atoms with van der Waals surface area (Å²) in [6.07, 6.45) is 1.39. The van der Waals surface area contributed by atoms with Crippen molar-refractivity contribution in [3.8, 4) is 17.2 Å². The molecule has 2 rings (SSSR count). The molecule has 0 aliphatic heterocycles. The number of aromatic nitrogens is 1. The molecule has 0 radical (unpaired) electrons. The van der Waals surface area contributed by atoms with Gasteiger partial charge in [-0.3, -0.25) is 0 Å². The monoisotopic (exact) mass is 258 g/mol. The zero-order valence-corrected chi connectivity index (χ0v) is 9.85. The summed E-state index contributed by atoms with van der Waals surface area (Å²) in [7, 11) is 0. The van der Waals surface area contributed by atoms with Crippen LogP contribution < -0.4 is 0 Å². The molecule has 88 valence electrons. The predicted molar refractivity (Wildman–Crippen MR) is 66.4 cm³/mol. The molecule has 5 heteroatoms. The molecule has 0 fully saturated rings. The first kappa shape index (κ1) is 12.1. The molecule has 0 spiro atoms. The van der Waals surface area contributed by atoms with E-state index in [9.17, 15) is 4.79 Å². The Bertz CT molecular complexity index is 662. The molecular formula is C13H7ClN2O2. The number of rotatable bonds is 2. The first-order valence-corrected chi connectivity index (χ1v) is 5.39. The van der Waals surface area contributed by atoms with Crippen molar-refractivity contribution in [2.24, 2.45) is 0 Å². The molecule has 2 aromatic rings. The van der Waals surface area contributed by atoms with E-state index in [2.05, 4.69) is 4.98 Å². The van der Waals surface area contributed by atoms with Gasteiger partial charge in [-0.1, -0.05) is 23.7 Å². The Balaban J connectivity index is 2.63. The van der Waals surface area contributed by atoms with E-state index in [1.165, 1.54) is 12.3 Å². The number of carbonyl (C=O) groups is 1. The molecule has 0 aliphatic rings. The van der Waals surface area contributed by atoms with Crippen molar-refractivity contribution >= 4 is 17.6 Å². The number of nitriles is 1. The van der Waals surface area contributed by atoms with Gasteiger partial charge >= 0.3 is 5.97 Å². The van der Waals surface area contributed by atoms with E-state index < -0.39 is 5.97 Å². The fourth-order valence-electron chi connectivity index (χ4n) is 1.59. The Morgan fingerprint density at radius 2 is 2.17 bits per heavy atom. The van der Waals surface area contributed by atoms with Gasteiger partial charge in [-0.15, -0.1) is 0 Å². The van der Waals surface area contributed by atoms with E-state index in [0.717, 1.165) is 0 Å². The number of carboxylic acid groups (broad SMARTS) is 1. The first-order valence-electron chi connectivity index (χ1n) is 5.01. The van der Waals surface area contributed by atoms with Gasteiger partial charge in [-0.2, -0.15) is 5.26 Å². The van der Waals surface area contributed by atoms with Gasteiger partial charge < -0.3 is 5.11 Å². The van der Waals surface area contributed by atoms with Crippen LogP contribution in [0.2, 0.25) is 5.15 Å². The van der Waals surface area contributed by atoms with Crippen LogP contribution in [0.3, 0.4) is 0 Å². The van der Waals surface area contributed by atoms with Gasteiger partial charge in [0.15, 0.2) is 0 Å². The molecule has 0 saturated carbocycles. The van der Waals surface area contributed by atoms with Gasteiger partial charge in [-0.25, -0.2) is 9.78 Å². The average Bonchev–Trinajstić information content (AvgIpc) is 2.38. The van der Waals surface area contributed by atoms with Crippen LogP contribution in [0.15, 0.2) is 36.5 Å². The van der Waals surface area contributed by atoms with Crippen LogP contribution in [0.5, 0.6) is 0 Å². The second-order valence-corrected chi connectivity index (χ2v) is 3.94. The molecule has 1 aromatic carbocycles. The van der Waals surface area contributed by atoms with E-state index in [1.807, 2.05) is 6.07 Å². The van der Waals surface area contributed by atoms with Crippen LogP contribution in [-0.2, 0) is 0 Å². The lowest BCUT2D eigenvalue weighted by Crippen LogP contribution is -2.00. The second-order valence-electron chi connectivity index (χ2n) is 3.55. The Morgan fingerprint density at radius 1 is 1.39 bits per heavy atom. The molecular weight excluding hydrogens is 252 g/mol. The highest BCUT2D eigenvalue weighted by atomic mass is 35.5. The lowest BCUT2D eigenvalue weighted by molar-refractivity contribution is 0.0697. The standard InChI is InChI=1S/C13H7ClN2O2/c14-12-5-10(13(17)18)11(7-16-12)9-3-1-2-8(4-9)6-15/h1-5,7H,(H,17,18).